The Hall–Kier alpha value is -6.73. The van der Waals surface area contributed by atoms with Crippen molar-refractivity contribution in [3.05, 3.63) is 275 Å². The molecule has 8 aromatic rings. The average molecular weight is 1380 g/mol. The van der Waals surface area contributed by atoms with E-state index < -0.39 is 23.5 Å². The van der Waals surface area contributed by atoms with Crippen molar-refractivity contribution in [2.45, 2.75) is 303 Å². The van der Waals surface area contributed by atoms with Gasteiger partial charge < -0.3 is 0 Å². The third-order valence-corrected chi connectivity index (χ3v) is 19.6. The van der Waals surface area contributed by atoms with Crippen LogP contribution in [0.4, 0.5) is 30.7 Å². The maximum Gasteiger partial charge on any atom is 0.416 e. The molecule has 0 aliphatic carbocycles. The van der Waals surface area contributed by atoms with Crippen LogP contribution in [0, 0.1) is 158 Å². The van der Waals surface area contributed by atoms with Crippen LogP contribution in [0.15, 0.2) is 97.1 Å². The van der Waals surface area contributed by atoms with Crippen molar-refractivity contribution in [3.63, 3.8) is 0 Å². The van der Waals surface area contributed by atoms with E-state index in [1.54, 1.807) is 32.9 Å². The van der Waals surface area contributed by atoms with Gasteiger partial charge in [0, 0.05) is 0 Å². The zero-order valence-electron chi connectivity index (χ0n) is 68.9. The molecule has 552 valence electrons. The molecule has 0 aromatic heterocycles. The highest BCUT2D eigenvalue weighted by Gasteiger charge is 2.34. The van der Waals surface area contributed by atoms with Gasteiger partial charge in [-0.3, -0.25) is 0 Å². The number of hydrogen-bond acceptors (Lipinski definition) is 0. The summed E-state index contributed by atoms with van der Waals surface area (Å²) in [5.74, 6) is 3.62. The van der Waals surface area contributed by atoms with Crippen molar-refractivity contribution < 1.29 is 30.7 Å². The summed E-state index contributed by atoms with van der Waals surface area (Å²) in [7, 11) is 0. The van der Waals surface area contributed by atoms with Gasteiger partial charge in [-0.05, 0) is 345 Å². The lowest BCUT2D eigenvalue weighted by Crippen LogP contribution is -2.10. The maximum atomic E-state index is 13.2. The summed E-state index contributed by atoms with van der Waals surface area (Å²) < 4.78 is 88.4. The molecule has 0 N–H and O–H groups in total. The van der Waals surface area contributed by atoms with Crippen LogP contribution in [0.2, 0.25) is 0 Å². The molecule has 0 fully saturated rings. The van der Waals surface area contributed by atoms with Crippen LogP contribution in [-0.4, -0.2) is 0 Å². The van der Waals surface area contributed by atoms with Gasteiger partial charge in [0.25, 0.3) is 0 Å². The average Bonchev–Trinajstić information content (AvgIpc) is 0.816. The molecule has 7 heteroatoms. The van der Waals surface area contributed by atoms with Gasteiger partial charge in [0.15, 0.2) is 0 Å². The Bertz CT molecular complexity index is 3700. The molecule has 0 spiro atoms. The molecule has 0 atom stereocenters. The molecular formula is C93H131F7. The van der Waals surface area contributed by atoms with Crippen LogP contribution >= 0.6 is 0 Å². The Morgan fingerprint density at radius 2 is 0.400 bits per heavy atom. The summed E-state index contributed by atoms with van der Waals surface area (Å²) in [5, 5.41) is 0. The van der Waals surface area contributed by atoms with Crippen molar-refractivity contribution in [2.75, 3.05) is 0 Å². The molecule has 8 rings (SSSR count). The fourth-order valence-corrected chi connectivity index (χ4v) is 12.1. The summed E-state index contributed by atoms with van der Waals surface area (Å²) in [4.78, 5) is 0. The minimum Gasteiger partial charge on any atom is -0.207 e. The second-order valence-corrected chi connectivity index (χ2v) is 30.8. The Kier molecular flexibility index (Phi) is 36.7. The van der Waals surface area contributed by atoms with Crippen molar-refractivity contribution in [2.24, 2.45) is 0 Å². The molecule has 0 saturated carbocycles. The second kappa shape index (κ2) is 40.2. The third kappa shape index (κ3) is 28.6. The molecule has 100 heavy (non-hydrogen) atoms. The first kappa shape index (κ1) is 91.3. The largest absolute Gasteiger partial charge is 0.416 e. The van der Waals surface area contributed by atoms with Gasteiger partial charge >= 0.3 is 12.4 Å². The lowest BCUT2D eigenvalue weighted by atomic mass is 9.88. The van der Waals surface area contributed by atoms with Crippen molar-refractivity contribution in [1.82, 2.24) is 0 Å². The predicted octanol–water partition coefficient (Wildman–Crippen LogP) is 30.3. The van der Waals surface area contributed by atoms with Crippen LogP contribution in [-0.2, 0) is 12.4 Å². The highest BCUT2D eigenvalue weighted by Crippen LogP contribution is 2.37. The zero-order valence-corrected chi connectivity index (χ0v) is 68.9. The molecule has 0 radical (unpaired) electrons. The summed E-state index contributed by atoms with van der Waals surface area (Å²) in [5.41, 5.74) is 33.9. The standard InChI is InChI=1S/C14H22.C12H15F3.3C12H18.C11H15F.C10H11F3.C10H14/c1-9(2)13-7-11(5)8-14(10(3)4)12(13)6;1-7(2)10-5-8(3)9(4)11(6-10)12(13,14)15;1-8(2)12-6-9(3)11(5)10(4)7-12;2*1-8(2)12-7-9(3)6-10(4)11(12)5;1-7(2)10-5-8(3)9(4)11(12)6-10;1-6-4-7(2)8(3)9(5-6)10(11,12)13;1-7-5-8(2)10(4)9(3)6-7/h7-10H,1-6H3;5-7H,1-4H3;3*6-8H,1-5H3;5-7H,1-4H3;4-5H,1-3H3;5-6H,1-4H3. The SMILES string of the molecule is Cc1cc(C(C)C)c(C)c(C(C)C)c1.Cc1cc(C(C)C)cc(C(F)(F)F)c1C.Cc1cc(C(C)C)cc(C)c1C.Cc1cc(C(C)C)cc(F)c1C.Cc1cc(C)c(C)c(C(C)C)c1.Cc1cc(C)c(C)c(C(C)C)c1.Cc1cc(C)c(C)c(C(F)(F)F)c1.Cc1cc(C)c(C)c(C)c1. The van der Waals surface area contributed by atoms with E-state index in [1.165, 1.54) is 137 Å². The number of alkyl halides is 6. The molecule has 0 aliphatic heterocycles. The third-order valence-electron chi connectivity index (χ3n) is 19.6. The molecule has 0 aliphatic rings. The van der Waals surface area contributed by atoms with Gasteiger partial charge in [0.1, 0.15) is 5.82 Å². The van der Waals surface area contributed by atoms with Gasteiger partial charge in [-0.25, -0.2) is 4.39 Å². The van der Waals surface area contributed by atoms with Crippen molar-refractivity contribution in [1.29, 1.82) is 0 Å². The zero-order chi connectivity index (χ0) is 77.8. The highest BCUT2D eigenvalue weighted by molar-refractivity contribution is 5.45. The molecule has 0 amide bonds. The molecule has 8 aromatic carbocycles. The van der Waals surface area contributed by atoms with Gasteiger partial charge in [-0.2, -0.15) is 26.3 Å². The van der Waals surface area contributed by atoms with E-state index in [1.807, 2.05) is 33.8 Å². The molecule has 0 saturated heterocycles. The number of benzene rings is 8. The fraction of sp³-hybridized carbons (Fsp3) is 0.484. The minimum atomic E-state index is -4.25. The van der Waals surface area contributed by atoms with E-state index in [2.05, 4.69) is 254 Å². The lowest BCUT2D eigenvalue weighted by molar-refractivity contribution is -0.139. The van der Waals surface area contributed by atoms with Gasteiger partial charge in [0.2, 0.25) is 0 Å². The van der Waals surface area contributed by atoms with E-state index in [0.717, 1.165) is 22.3 Å². The molecular weight excluding hydrogens is 1250 g/mol. The Balaban J connectivity index is 0.000000573. The predicted molar refractivity (Wildman–Crippen MR) is 424 cm³/mol. The van der Waals surface area contributed by atoms with Gasteiger partial charge in [-0.15, -0.1) is 0 Å². The minimum absolute atomic E-state index is 0.0845. The van der Waals surface area contributed by atoms with Crippen LogP contribution in [0.1, 0.15) is 311 Å². The number of hydrogen-bond donors (Lipinski definition) is 0. The van der Waals surface area contributed by atoms with E-state index in [0.29, 0.717) is 63.3 Å². The Labute approximate surface area is 605 Å². The summed E-state index contributed by atoms with van der Waals surface area (Å²) in [6.07, 6.45) is -8.49. The van der Waals surface area contributed by atoms with Crippen LogP contribution < -0.4 is 0 Å². The lowest BCUT2D eigenvalue weighted by Gasteiger charge is -2.17. The van der Waals surface area contributed by atoms with Gasteiger partial charge in [0.05, 0.1) is 11.1 Å². The Morgan fingerprint density at radius 3 is 0.680 bits per heavy atom. The van der Waals surface area contributed by atoms with E-state index >= 15 is 0 Å². The summed E-state index contributed by atoms with van der Waals surface area (Å²) in [6, 6.07) is 32.5. The van der Waals surface area contributed by atoms with Crippen LogP contribution in [0.25, 0.3) is 0 Å². The first-order chi connectivity index (χ1) is 45.7. The fourth-order valence-electron chi connectivity index (χ4n) is 12.1. The normalized spacial score (nSPS) is 11.2. The summed E-state index contributed by atoms with van der Waals surface area (Å²) in [6.45, 7) is 75.1. The number of aryl methyl sites for hydroxylation is 14. The number of halogens is 7. The van der Waals surface area contributed by atoms with Crippen LogP contribution in [0.5, 0.6) is 0 Å². The summed E-state index contributed by atoms with van der Waals surface area (Å²) >= 11 is 0. The smallest absolute Gasteiger partial charge is 0.207 e. The highest BCUT2D eigenvalue weighted by atomic mass is 19.4. The van der Waals surface area contributed by atoms with E-state index in [-0.39, 0.29) is 11.7 Å². The monoisotopic (exact) mass is 1380 g/mol. The van der Waals surface area contributed by atoms with E-state index in [9.17, 15) is 30.7 Å². The van der Waals surface area contributed by atoms with Crippen molar-refractivity contribution in [3.8, 4) is 0 Å². The molecule has 0 bridgehead atoms. The van der Waals surface area contributed by atoms with Crippen molar-refractivity contribution >= 4 is 0 Å². The number of rotatable bonds is 7. The van der Waals surface area contributed by atoms with Gasteiger partial charge in [-0.1, -0.05) is 204 Å². The molecule has 0 nitrogen and oxygen atoms in total. The Morgan fingerprint density at radius 1 is 0.200 bits per heavy atom. The first-order valence-electron chi connectivity index (χ1n) is 36.2. The second-order valence-electron chi connectivity index (χ2n) is 30.8. The first-order valence-corrected chi connectivity index (χ1v) is 36.2. The topological polar surface area (TPSA) is 0 Å². The molecule has 0 heterocycles. The quantitative estimate of drug-likeness (QED) is 0.140. The van der Waals surface area contributed by atoms with Crippen LogP contribution in [0.3, 0.4) is 0 Å². The maximum absolute atomic E-state index is 13.2. The molecule has 0 unspecified atom stereocenters. The van der Waals surface area contributed by atoms with E-state index in [4.69, 9.17) is 0 Å².